The molecule has 0 bridgehead atoms. The van der Waals surface area contributed by atoms with E-state index in [0.29, 0.717) is 6.42 Å². The third kappa shape index (κ3) is 1.56. The van der Waals surface area contributed by atoms with Gasteiger partial charge in [0.05, 0.1) is 6.61 Å². The van der Waals surface area contributed by atoms with Crippen molar-refractivity contribution in [1.29, 1.82) is 0 Å². The van der Waals surface area contributed by atoms with Crippen LogP contribution in [0.2, 0.25) is 0 Å². The second-order valence-electron chi connectivity index (χ2n) is 4.48. The first-order valence-corrected chi connectivity index (χ1v) is 5.05. The number of halogens is 2. The van der Waals surface area contributed by atoms with Crippen LogP contribution in [0.25, 0.3) is 0 Å². The summed E-state index contributed by atoms with van der Waals surface area (Å²) in [5.41, 5.74) is 0. The number of fused-ring (bicyclic) bond motifs is 1. The van der Waals surface area contributed by atoms with E-state index < -0.39 is 5.92 Å². The molecular formula is C10H14F2O2. The van der Waals surface area contributed by atoms with E-state index in [0.717, 1.165) is 0 Å². The van der Waals surface area contributed by atoms with Crippen molar-refractivity contribution < 1.29 is 18.7 Å². The van der Waals surface area contributed by atoms with E-state index in [1.165, 1.54) is 0 Å². The summed E-state index contributed by atoms with van der Waals surface area (Å²) in [7, 11) is 0. The third-order valence-electron chi connectivity index (χ3n) is 3.60. The van der Waals surface area contributed by atoms with E-state index in [4.69, 9.17) is 5.11 Å². The number of carbonyl (C=O) groups is 1. The molecule has 0 aromatic carbocycles. The lowest BCUT2D eigenvalue weighted by Crippen LogP contribution is -2.32. The standard InChI is InChI=1S/C10H14F2O2/c11-10(12)2-1-7-6(4-10)3-9(14)8(7)5-13/h6-8,13H,1-5H2/t6?,7-,8+/m1/s1. The molecule has 1 unspecified atom stereocenters. The topological polar surface area (TPSA) is 37.3 Å². The first kappa shape index (κ1) is 10.0. The highest BCUT2D eigenvalue weighted by Gasteiger charge is 2.50. The fourth-order valence-corrected chi connectivity index (χ4v) is 2.89. The molecule has 0 saturated heterocycles. The monoisotopic (exact) mass is 204 g/mol. The molecule has 0 aliphatic heterocycles. The van der Waals surface area contributed by atoms with E-state index >= 15 is 0 Å². The van der Waals surface area contributed by atoms with E-state index in [9.17, 15) is 13.6 Å². The van der Waals surface area contributed by atoms with Gasteiger partial charge in [-0.3, -0.25) is 4.79 Å². The summed E-state index contributed by atoms with van der Waals surface area (Å²) in [4.78, 5) is 11.4. The minimum atomic E-state index is -2.59. The van der Waals surface area contributed by atoms with Crippen LogP contribution in [0.5, 0.6) is 0 Å². The maximum Gasteiger partial charge on any atom is 0.248 e. The van der Waals surface area contributed by atoms with Crippen LogP contribution in [0.3, 0.4) is 0 Å². The van der Waals surface area contributed by atoms with Crippen LogP contribution in [0.1, 0.15) is 25.7 Å². The van der Waals surface area contributed by atoms with Crippen LogP contribution in [0.15, 0.2) is 0 Å². The molecule has 2 aliphatic rings. The lowest BCUT2D eigenvalue weighted by molar-refractivity contribution is -0.122. The number of alkyl halides is 2. The largest absolute Gasteiger partial charge is 0.396 e. The smallest absolute Gasteiger partial charge is 0.248 e. The Bertz CT molecular complexity index is 253. The molecule has 0 aromatic rings. The first-order chi connectivity index (χ1) is 6.53. The maximum atomic E-state index is 13.0. The van der Waals surface area contributed by atoms with Gasteiger partial charge < -0.3 is 5.11 Å². The Morgan fingerprint density at radius 2 is 2.21 bits per heavy atom. The van der Waals surface area contributed by atoms with E-state index in [1.54, 1.807) is 0 Å². The Balaban J connectivity index is 2.11. The molecule has 0 radical (unpaired) electrons. The second-order valence-corrected chi connectivity index (χ2v) is 4.48. The SMILES string of the molecule is O=C1CC2CC(F)(F)CC[C@H]2[C@@H]1CO. The van der Waals surface area contributed by atoms with Crippen LogP contribution in [0.4, 0.5) is 8.78 Å². The number of hydrogen-bond donors (Lipinski definition) is 1. The highest BCUT2D eigenvalue weighted by molar-refractivity contribution is 5.84. The minimum Gasteiger partial charge on any atom is -0.396 e. The Labute approximate surface area is 81.3 Å². The van der Waals surface area contributed by atoms with Gasteiger partial charge in [-0.15, -0.1) is 0 Å². The van der Waals surface area contributed by atoms with E-state index in [2.05, 4.69) is 0 Å². The van der Waals surface area contributed by atoms with Gasteiger partial charge in [-0.1, -0.05) is 0 Å². The van der Waals surface area contributed by atoms with Crippen LogP contribution >= 0.6 is 0 Å². The van der Waals surface area contributed by atoms with Crippen molar-refractivity contribution >= 4 is 5.78 Å². The van der Waals surface area contributed by atoms with Crippen molar-refractivity contribution in [2.75, 3.05) is 6.61 Å². The molecule has 80 valence electrons. The quantitative estimate of drug-likeness (QED) is 0.704. The summed E-state index contributed by atoms with van der Waals surface area (Å²) in [5.74, 6) is -3.17. The summed E-state index contributed by atoms with van der Waals surface area (Å²) in [6.07, 6.45) is 0.331. The van der Waals surface area contributed by atoms with Gasteiger partial charge in [0.2, 0.25) is 5.92 Å². The van der Waals surface area contributed by atoms with Crippen LogP contribution in [-0.2, 0) is 4.79 Å². The zero-order chi connectivity index (χ0) is 10.3. The number of aliphatic hydroxyl groups is 1. The number of aliphatic hydroxyl groups excluding tert-OH is 1. The van der Waals surface area contributed by atoms with Crippen molar-refractivity contribution in [2.45, 2.75) is 31.6 Å². The molecule has 2 saturated carbocycles. The fourth-order valence-electron chi connectivity index (χ4n) is 2.89. The third-order valence-corrected chi connectivity index (χ3v) is 3.60. The highest BCUT2D eigenvalue weighted by atomic mass is 19.3. The number of ketones is 1. The normalized spacial score (nSPS) is 41.1. The molecule has 2 aliphatic carbocycles. The zero-order valence-electron chi connectivity index (χ0n) is 7.88. The van der Waals surface area contributed by atoms with Gasteiger partial charge in [-0.2, -0.15) is 0 Å². The summed E-state index contributed by atoms with van der Waals surface area (Å²) in [5, 5.41) is 9.00. The van der Waals surface area contributed by atoms with Gasteiger partial charge in [0.25, 0.3) is 0 Å². The molecule has 14 heavy (non-hydrogen) atoms. The number of hydrogen-bond acceptors (Lipinski definition) is 2. The lowest BCUT2D eigenvalue weighted by atomic mass is 9.76. The summed E-state index contributed by atoms with van der Waals surface area (Å²) < 4.78 is 26.1. The van der Waals surface area contributed by atoms with Crippen molar-refractivity contribution in [3.63, 3.8) is 0 Å². The number of rotatable bonds is 1. The molecular weight excluding hydrogens is 190 g/mol. The summed E-state index contributed by atoms with van der Waals surface area (Å²) >= 11 is 0. The van der Waals surface area contributed by atoms with Crippen LogP contribution in [0, 0.1) is 17.8 Å². The molecule has 0 heterocycles. The van der Waals surface area contributed by atoms with Gasteiger partial charge in [0.1, 0.15) is 5.78 Å². The molecule has 4 heteroatoms. The highest BCUT2D eigenvalue weighted by Crippen LogP contribution is 2.48. The van der Waals surface area contributed by atoms with Crippen molar-refractivity contribution in [2.24, 2.45) is 17.8 Å². The molecule has 2 rings (SSSR count). The first-order valence-electron chi connectivity index (χ1n) is 5.05. The minimum absolute atomic E-state index is 0.00660. The fraction of sp³-hybridized carbons (Fsp3) is 0.900. The summed E-state index contributed by atoms with van der Waals surface area (Å²) in [6, 6.07) is 0. The van der Waals surface area contributed by atoms with Gasteiger partial charge in [0.15, 0.2) is 0 Å². The Hall–Kier alpha value is -0.510. The Kier molecular flexibility index (Phi) is 2.33. The molecule has 0 aromatic heterocycles. The van der Waals surface area contributed by atoms with Crippen LogP contribution < -0.4 is 0 Å². The van der Waals surface area contributed by atoms with Crippen LogP contribution in [-0.4, -0.2) is 23.4 Å². The van der Waals surface area contributed by atoms with Gasteiger partial charge in [-0.25, -0.2) is 8.78 Å². The molecule has 1 N–H and O–H groups in total. The molecule has 2 nitrogen and oxygen atoms in total. The molecule has 0 amide bonds. The average molecular weight is 204 g/mol. The lowest BCUT2D eigenvalue weighted by Gasteiger charge is -2.32. The Morgan fingerprint density at radius 3 is 2.86 bits per heavy atom. The van der Waals surface area contributed by atoms with Gasteiger partial charge in [-0.05, 0) is 18.3 Å². The van der Waals surface area contributed by atoms with E-state index in [-0.39, 0.29) is 49.4 Å². The van der Waals surface area contributed by atoms with Gasteiger partial charge in [0, 0.05) is 25.2 Å². The van der Waals surface area contributed by atoms with Crippen molar-refractivity contribution in [1.82, 2.24) is 0 Å². The summed E-state index contributed by atoms with van der Waals surface area (Å²) in [6.45, 7) is -0.175. The number of Topliss-reactive ketones (excluding diaryl/α,β-unsaturated/α-hetero) is 1. The molecule has 3 atom stereocenters. The molecule has 0 spiro atoms. The van der Waals surface area contributed by atoms with E-state index in [1.807, 2.05) is 0 Å². The predicted molar refractivity (Wildman–Crippen MR) is 46.0 cm³/mol. The average Bonchev–Trinajstić information content (AvgIpc) is 2.37. The van der Waals surface area contributed by atoms with Gasteiger partial charge >= 0.3 is 0 Å². The second kappa shape index (κ2) is 3.26. The van der Waals surface area contributed by atoms with Crippen molar-refractivity contribution in [3.8, 4) is 0 Å². The predicted octanol–water partition coefficient (Wildman–Crippen LogP) is 1.62. The number of carbonyl (C=O) groups excluding carboxylic acids is 1. The zero-order valence-corrected chi connectivity index (χ0v) is 7.88. The Morgan fingerprint density at radius 1 is 1.50 bits per heavy atom. The maximum absolute atomic E-state index is 13.0. The molecule has 2 fully saturated rings. The van der Waals surface area contributed by atoms with Crippen molar-refractivity contribution in [3.05, 3.63) is 0 Å².